The summed E-state index contributed by atoms with van der Waals surface area (Å²) in [6.07, 6.45) is 4.18. The van der Waals surface area contributed by atoms with E-state index in [9.17, 15) is 0 Å². The van der Waals surface area contributed by atoms with Gasteiger partial charge in [-0.3, -0.25) is 0 Å². The lowest BCUT2D eigenvalue weighted by Crippen LogP contribution is -1.84. The van der Waals surface area contributed by atoms with Gasteiger partial charge in [0.25, 0.3) is 0 Å². The fraction of sp³-hybridized carbons (Fsp3) is 0.125. The number of nitrogens with zero attached hydrogens (tertiary/aromatic N) is 3. The Labute approximate surface area is 79.5 Å². The average molecular weight is 191 g/mol. The molecule has 2 aromatic heterocycles. The molecule has 0 aromatic carbocycles. The van der Waals surface area contributed by atoms with E-state index >= 15 is 0 Å². The molecule has 1 radical (unpaired) electrons. The Morgan fingerprint density at radius 2 is 2.38 bits per heavy atom. The Morgan fingerprint density at radius 3 is 2.92 bits per heavy atom. The highest BCUT2D eigenvalue weighted by Crippen LogP contribution is 2.28. The van der Waals surface area contributed by atoms with Gasteiger partial charge >= 0.3 is 0 Å². The number of hydrogen-bond donors (Lipinski definition) is 1. The molecule has 0 aliphatic carbocycles. The smallest absolute Gasteiger partial charge is 0.198 e. The van der Waals surface area contributed by atoms with E-state index in [4.69, 9.17) is 5.73 Å². The molecular formula is C8H7N4S. The molecule has 0 unspecified atom stereocenters. The van der Waals surface area contributed by atoms with E-state index in [2.05, 4.69) is 21.3 Å². The summed E-state index contributed by atoms with van der Waals surface area (Å²) in [4.78, 5) is 12.8. The van der Waals surface area contributed by atoms with Crippen molar-refractivity contribution in [3.8, 4) is 10.6 Å². The van der Waals surface area contributed by atoms with Gasteiger partial charge in [0, 0.05) is 6.20 Å². The maximum atomic E-state index is 5.57. The van der Waals surface area contributed by atoms with Gasteiger partial charge in [-0.25, -0.2) is 15.0 Å². The molecule has 2 aromatic rings. The van der Waals surface area contributed by atoms with Gasteiger partial charge in [0.05, 0.1) is 16.3 Å². The second-order valence-corrected chi connectivity index (χ2v) is 3.54. The van der Waals surface area contributed by atoms with Crippen LogP contribution in [0.1, 0.15) is 5.69 Å². The van der Waals surface area contributed by atoms with E-state index in [1.54, 1.807) is 6.20 Å². The van der Waals surface area contributed by atoms with E-state index in [0.29, 0.717) is 5.13 Å². The number of hydrogen-bond acceptors (Lipinski definition) is 5. The molecule has 0 saturated heterocycles. The van der Waals surface area contributed by atoms with Crippen molar-refractivity contribution in [3.63, 3.8) is 0 Å². The number of thiazole rings is 1. The van der Waals surface area contributed by atoms with Crippen molar-refractivity contribution in [1.82, 2.24) is 15.0 Å². The molecular weight excluding hydrogens is 184 g/mol. The maximum Gasteiger partial charge on any atom is 0.198 e. The van der Waals surface area contributed by atoms with Crippen LogP contribution in [0.2, 0.25) is 0 Å². The molecule has 0 atom stereocenters. The van der Waals surface area contributed by atoms with E-state index < -0.39 is 0 Å². The monoisotopic (exact) mass is 191 g/mol. The Bertz CT molecular complexity index is 409. The lowest BCUT2D eigenvalue weighted by Gasteiger charge is -1.93. The zero-order valence-electron chi connectivity index (χ0n) is 6.98. The van der Waals surface area contributed by atoms with Crippen LogP contribution in [0.4, 0.5) is 5.13 Å². The summed E-state index contributed by atoms with van der Waals surface area (Å²) >= 11 is 1.42. The predicted molar refractivity (Wildman–Crippen MR) is 51.1 cm³/mol. The normalized spacial score (nSPS) is 10.2. The first kappa shape index (κ1) is 8.12. The number of aryl methyl sites for hydroxylation is 1. The zero-order chi connectivity index (χ0) is 9.26. The van der Waals surface area contributed by atoms with Crippen molar-refractivity contribution in [2.24, 2.45) is 0 Å². The minimum atomic E-state index is 0.561. The predicted octanol–water partition coefficient (Wildman–Crippen LogP) is 1.29. The summed E-state index contributed by atoms with van der Waals surface area (Å²) in [6, 6.07) is 1.82. The largest absolute Gasteiger partial charge is 0.375 e. The van der Waals surface area contributed by atoms with Gasteiger partial charge in [-0.1, -0.05) is 11.3 Å². The molecule has 2 heterocycles. The molecule has 0 bridgehead atoms. The van der Waals surface area contributed by atoms with Gasteiger partial charge in [0.1, 0.15) is 0 Å². The number of nitrogen functional groups attached to an aromatic ring is 1. The Kier molecular flexibility index (Phi) is 1.94. The zero-order valence-corrected chi connectivity index (χ0v) is 7.80. The fourth-order valence-corrected chi connectivity index (χ4v) is 1.85. The molecule has 0 amide bonds. The van der Waals surface area contributed by atoms with Gasteiger partial charge in [0.15, 0.2) is 11.5 Å². The van der Waals surface area contributed by atoms with Crippen LogP contribution in [-0.2, 0) is 0 Å². The highest BCUT2D eigenvalue weighted by Gasteiger charge is 2.08. The van der Waals surface area contributed by atoms with E-state index in [-0.39, 0.29) is 0 Å². The summed E-state index contributed by atoms with van der Waals surface area (Å²) < 4.78 is 0. The number of aromatic nitrogens is 3. The third-order valence-electron chi connectivity index (χ3n) is 1.58. The highest BCUT2D eigenvalue weighted by molar-refractivity contribution is 7.18. The van der Waals surface area contributed by atoms with Crippen molar-refractivity contribution in [3.05, 3.63) is 24.3 Å². The summed E-state index contributed by atoms with van der Waals surface area (Å²) in [5.41, 5.74) is 7.29. The third-order valence-corrected chi connectivity index (χ3v) is 2.59. The second kappa shape index (κ2) is 3.10. The minimum absolute atomic E-state index is 0.561. The quantitative estimate of drug-likeness (QED) is 0.737. The summed E-state index contributed by atoms with van der Waals surface area (Å²) in [7, 11) is 0. The van der Waals surface area contributed by atoms with Crippen LogP contribution >= 0.6 is 11.3 Å². The summed E-state index contributed by atoms with van der Waals surface area (Å²) in [6.45, 7) is 1.91. The van der Waals surface area contributed by atoms with E-state index in [0.717, 1.165) is 16.3 Å². The molecule has 0 saturated carbocycles. The lowest BCUT2D eigenvalue weighted by atomic mass is 10.3. The fourth-order valence-electron chi connectivity index (χ4n) is 1.04. The average Bonchev–Trinajstić information content (AvgIpc) is 2.47. The molecule has 0 aliphatic heterocycles. The molecule has 65 valence electrons. The van der Waals surface area contributed by atoms with Gasteiger partial charge in [0.2, 0.25) is 0 Å². The minimum Gasteiger partial charge on any atom is -0.375 e. The van der Waals surface area contributed by atoms with Gasteiger partial charge in [-0.2, -0.15) is 0 Å². The SMILES string of the molecule is Cc1nc(N)sc1-c1ccn[c]n1. The van der Waals surface area contributed by atoms with Gasteiger partial charge in [-0.15, -0.1) is 0 Å². The van der Waals surface area contributed by atoms with Gasteiger partial charge < -0.3 is 5.73 Å². The Balaban J connectivity index is 2.53. The molecule has 2 rings (SSSR count). The number of rotatable bonds is 1. The van der Waals surface area contributed by atoms with Crippen LogP contribution in [0.25, 0.3) is 10.6 Å². The van der Waals surface area contributed by atoms with Crippen molar-refractivity contribution in [2.75, 3.05) is 5.73 Å². The van der Waals surface area contributed by atoms with Crippen LogP contribution in [0.3, 0.4) is 0 Å². The van der Waals surface area contributed by atoms with Crippen LogP contribution in [0, 0.1) is 13.3 Å². The number of anilines is 1. The van der Waals surface area contributed by atoms with Crippen molar-refractivity contribution in [1.29, 1.82) is 0 Å². The topological polar surface area (TPSA) is 64.7 Å². The first-order valence-electron chi connectivity index (χ1n) is 3.70. The van der Waals surface area contributed by atoms with Crippen molar-refractivity contribution in [2.45, 2.75) is 6.92 Å². The standard InChI is InChI=1S/C8H7N4S/c1-5-7(13-8(9)12-5)6-2-3-10-4-11-6/h2-3H,1H3,(H2,9,12). The molecule has 0 fully saturated rings. The summed E-state index contributed by atoms with van der Waals surface area (Å²) in [5, 5.41) is 0.561. The first-order valence-corrected chi connectivity index (χ1v) is 4.51. The molecule has 0 spiro atoms. The third kappa shape index (κ3) is 1.50. The number of nitrogens with two attached hydrogens (primary N) is 1. The van der Waals surface area contributed by atoms with E-state index in [1.807, 2.05) is 13.0 Å². The summed E-state index contributed by atoms with van der Waals surface area (Å²) in [5.74, 6) is 0. The maximum absolute atomic E-state index is 5.57. The van der Waals surface area contributed by atoms with Crippen LogP contribution in [0.15, 0.2) is 12.3 Å². The van der Waals surface area contributed by atoms with Crippen molar-refractivity contribution >= 4 is 16.5 Å². The second-order valence-electron chi connectivity index (χ2n) is 2.51. The highest BCUT2D eigenvalue weighted by atomic mass is 32.1. The first-order chi connectivity index (χ1) is 6.27. The molecule has 5 heteroatoms. The molecule has 13 heavy (non-hydrogen) atoms. The Hall–Kier alpha value is -1.49. The van der Waals surface area contributed by atoms with Crippen LogP contribution in [-0.4, -0.2) is 15.0 Å². The molecule has 4 nitrogen and oxygen atoms in total. The van der Waals surface area contributed by atoms with Crippen molar-refractivity contribution < 1.29 is 0 Å². The van der Waals surface area contributed by atoms with Gasteiger partial charge in [-0.05, 0) is 13.0 Å². The Morgan fingerprint density at radius 1 is 1.54 bits per heavy atom. The lowest BCUT2D eigenvalue weighted by molar-refractivity contribution is 1.15. The molecule has 2 N–H and O–H groups in total. The molecule has 0 aliphatic rings. The van der Waals surface area contributed by atoms with Crippen LogP contribution in [0.5, 0.6) is 0 Å². The van der Waals surface area contributed by atoms with E-state index in [1.165, 1.54) is 11.3 Å². The van der Waals surface area contributed by atoms with Crippen LogP contribution < -0.4 is 5.73 Å².